The van der Waals surface area contributed by atoms with Gasteiger partial charge < -0.3 is 15.0 Å². The van der Waals surface area contributed by atoms with E-state index in [4.69, 9.17) is 4.74 Å². The first-order chi connectivity index (χ1) is 9.15. The van der Waals surface area contributed by atoms with Gasteiger partial charge >= 0.3 is 0 Å². The number of nitrogens with one attached hydrogen (secondary N) is 1. The van der Waals surface area contributed by atoms with Crippen molar-refractivity contribution in [3.05, 3.63) is 0 Å². The van der Waals surface area contributed by atoms with Crippen LogP contribution < -0.4 is 5.32 Å². The Labute approximate surface area is 119 Å². The Balaban J connectivity index is 1.68. The second-order valence-corrected chi connectivity index (χ2v) is 6.63. The molecule has 0 aromatic carbocycles. The first kappa shape index (κ1) is 15.3. The van der Waals surface area contributed by atoms with Crippen LogP contribution in [0.5, 0.6) is 0 Å². The van der Waals surface area contributed by atoms with Gasteiger partial charge in [-0.3, -0.25) is 0 Å². The lowest BCUT2D eigenvalue weighted by atomic mass is 9.89. The summed E-state index contributed by atoms with van der Waals surface area (Å²) in [6.45, 7) is 12.7. The average Bonchev–Trinajstić information content (AvgIpc) is 2.46. The molecule has 19 heavy (non-hydrogen) atoms. The van der Waals surface area contributed by atoms with Crippen molar-refractivity contribution in [1.29, 1.82) is 0 Å². The molecule has 2 aliphatic rings. The Morgan fingerprint density at radius 2 is 1.95 bits per heavy atom. The van der Waals surface area contributed by atoms with Crippen LogP contribution in [0.2, 0.25) is 0 Å². The highest BCUT2D eigenvalue weighted by molar-refractivity contribution is 4.86. The molecule has 2 heterocycles. The smallest absolute Gasteiger partial charge is 0.0666 e. The summed E-state index contributed by atoms with van der Waals surface area (Å²) in [5, 5.41) is 3.82. The van der Waals surface area contributed by atoms with Gasteiger partial charge in [-0.1, -0.05) is 13.8 Å². The van der Waals surface area contributed by atoms with Gasteiger partial charge in [0, 0.05) is 12.6 Å². The predicted octanol–water partition coefficient (Wildman–Crippen LogP) is 2.66. The van der Waals surface area contributed by atoms with Gasteiger partial charge in [-0.05, 0) is 71.1 Å². The Bertz CT molecular complexity index is 263. The molecular formula is C16H32N2O. The molecule has 2 rings (SSSR count). The van der Waals surface area contributed by atoms with Gasteiger partial charge in [-0.2, -0.15) is 0 Å². The lowest BCUT2D eigenvalue weighted by Gasteiger charge is -2.39. The maximum absolute atomic E-state index is 5.92. The Hall–Kier alpha value is -0.120. The van der Waals surface area contributed by atoms with E-state index in [1.165, 1.54) is 51.9 Å². The van der Waals surface area contributed by atoms with Crippen molar-refractivity contribution in [3.8, 4) is 0 Å². The van der Waals surface area contributed by atoms with Crippen molar-refractivity contribution >= 4 is 0 Å². The first-order valence-electron chi connectivity index (χ1n) is 8.25. The largest absolute Gasteiger partial charge is 0.375 e. The first-order valence-corrected chi connectivity index (χ1v) is 8.25. The van der Waals surface area contributed by atoms with Crippen LogP contribution in [0.3, 0.4) is 0 Å². The molecule has 2 unspecified atom stereocenters. The Morgan fingerprint density at radius 3 is 2.58 bits per heavy atom. The fourth-order valence-electron chi connectivity index (χ4n) is 3.39. The van der Waals surface area contributed by atoms with Crippen LogP contribution in [-0.2, 0) is 4.74 Å². The standard InChI is InChI=1S/C16H32N2O/c1-4-16(3)12-15(8-11-19-16)17-13-14-6-9-18(5-2)10-7-14/h14-15,17H,4-13H2,1-3H3. The minimum absolute atomic E-state index is 0.113. The molecule has 3 heteroatoms. The Kier molecular flexibility index (Phi) is 5.67. The highest BCUT2D eigenvalue weighted by Gasteiger charge is 2.31. The summed E-state index contributed by atoms with van der Waals surface area (Å²) in [5.74, 6) is 0.888. The molecule has 0 radical (unpaired) electrons. The van der Waals surface area contributed by atoms with Gasteiger partial charge in [0.15, 0.2) is 0 Å². The summed E-state index contributed by atoms with van der Waals surface area (Å²) in [7, 11) is 0. The lowest BCUT2D eigenvalue weighted by Crippen LogP contribution is -2.47. The molecule has 112 valence electrons. The van der Waals surface area contributed by atoms with E-state index in [9.17, 15) is 0 Å². The number of piperidine rings is 1. The third kappa shape index (κ3) is 4.44. The summed E-state index contributed by atoms with van der Waals surface area (Å²) < 4.78 is 5.92. The zero-order chi connectivity index (χ0) is 13.7. The molecule has 0 spiro atoms. The minimum Gasteiger partial charge on any atom is -0.375 e. The zero-order valence-electron chi connectivity index (χ0n) is 13.1. The lowest BCUT2D eigenvalue weighted by molar-refractivity contribution is -0.0783. The summed E-state index contributed by atoms with van der Waals surface area (Å²) in [4.78, 5) is 2.57. The van der Waals surface area contributed by atoms with Crippen LogP contribution in [0.15, 0.2) is 0 Å². The Morgan fingerprint density at radius 1 is 1.21 bits per heavy atom. The van der Waals surface area contributed by atoms with Crippen molar-refractivity contribution in [2.45, 2.75) is 64.5 Å². The van der Waals surface area contributed by atoms with Crippen LogP contribution in [-0.4, -0.2) is 49.3 Å². The third-order valence-corrected chi connectivity index (χ3v) is 5.19. The zero-order valence-corrected chi connectivity index (χ0v) is 13.1. The predicted molar refractivity (Wildman–Crippen MR) is 80.5 cm³/mol. The van der Waals surface area contributed by atoms with Crippen LogP contribution in [0.4, 0.5) is 0 Å². The van der Waals surface area contributed by atoms with Crippen LogP contribution >= 0.6 is 0 Å². The topological polar surface area (TPSA) is 24.5 Å². The van der Waals surface area contributed by atoms with Gasteiger partial charge in [-0.25, -0.2) is 0 Å². The van der Waals surface area contributed by atoms with Gasteiger partial charge in [-0.15, -0.1) is 0 Å². The molecular weight excluding hydrogens is 236 g/mol. The minimum atomic E-state index is 0.113. The highest BCUT2D eigenvalue weighted by atomic mass is 16.5. The highest BCUT2D eigenvalue weighted by Crippen LogP contribution is 2.28. The SMILES string of the molecule is CCN1CCC(CNC2CCOC(C)(CC)C2)CC1. The molecule has 0 aliphatic carbocycles. The molecule has 3 nitrogen and oxygen atoms in total. The fourth-order valence-corrected chi connectivity index (χ4v) is 3.39. The monoisotopic (exact) mass is 268 g/mol. The molecule has 2 saturated heterocycles. The maximum atomic E-state index is 5.92. The van der Waals surface area contributed by atoms with Gasteiger partial charge in [0.25, 0.3) is 0 Å². The molecule has 0 aromatic rings. The van der Waals surface area contributed by atoms with E-state index in [1.807, 2.05) is 0 Å². The second-order valence-electron chi connectivity index (χ2n) is 6.63. The van der Waals surface area contributed by atoms with Crippen LogP contribution in [0.25, 0.3) is 0 Å². The average molecular weight is 268 g/mol. The van der Waals surface area contributed by atoms with Crippen molar-refractivity contribution < 1.29 is 4.74 Å². The van der Waals surface area contributed by atoms with Crippen LogP contribution in [0.1, 0.15) is 52.9 Å². The molecule has 2 aliphatic heterocycles. The summed E-state index contributed by atoms with van der Waals surface area (Å²) in [6.07, 6.45) is 6.23. The molecule has 2 atom stereocenters. The molecule has 0 aromatic heterocycles. The molecule has 0 amide bonds. The van der Waals surface area contributed by atoms with E-state index in [1.54, 1.807) is 0 Å². The summed E-state index contributed by atoms with van der Waals surface area (Å²) in [6, 6.07) is 0.669. The van der Waals surface area contributed by atoms with E-state index in [-0.39, 0.29) is 5.60 Å². The van der Waals surface area contributed by atoms with E-state index in [0.29, 0.717) is 6.04 Å². The maximum Gasteiger partial charge on any atom is 0.0666 e. The van der Waals surface area contributed by atoms with Crippen molar-refractivity contribution in [1.82, 2.24) is 10.2 Å². The van der Waals surface area contributed by atoms with Gasteiger partial charge in [0.2, 0.25) is 0 Å². The molecule has 1 N–H and O–H groups in total. The van der Waals surface area contributed by atoms with E-state index < -0.39 is 0 Å². The second kappa shape index (κ2) is 7.05. The van der Waals surface area contributed by atoms with Gasteiger partial charge in [0.05, 0.1) is 5.60 Å². The van der Waals surface area contributed by atoms with E-state index in [0.717, 1.165) is 18.9 Å². The molecule has 0 bridgehead atoms. The normalized spacial score (nSPS) is 34.6. The van der Waals surface area contributed by atoms with Crippen molar-refractivity contribution in [2.24, 2.45) is 5.92 Å². The van der Waals surface area contributed by atoms with E-state index >= 15 is 0 Å². The number of hydrogen-bond donors (Lipinski definition) is 1. The number of nitrogens with zero attached hydrogens (tertiary/aromatic N) is 1. The van der Waals surface area contributed by atoms with Gasteiger partial charge in [0.1, 0.15) is 0 Å². The quantitative estimate of drug-likeness (QED) is 0.829. The number of rotatable bonds is 5. The fraction of sp³-hybridized carbons (Fsp3) is 1.00. The van der Waals surface area contributed by atoms with E-state index in [2.05, 4.69) is 31.0 Å². The van der Waals surface area contributed by atoms with Crippen LogP contribution in [0, 0.1) is 5.92 Å². The summed E-state index contributed by atoms with van der Waals surface area (Å²) in [5.41, 5.74) is 0.113. The van der Waals surface area contributed by atoms with Crippen molar-refractivity contribution in [3.63, 3.8) is 0 Å². The molecule has 0 saturated carbocycles. The van der Waals surface area contributed by atoms with Crippen molar-refractivity contribution in [2.75, 3.05) is 32.8 Å². The number of likely N-dealkylation sites (tertiary alicyclic amines) is 1. The molecule has 2 fully saturated rings. The number of hydrogen-bond acceptors (Lipinski definition) is 3. The number of ether oxygens (including phenoxy) is 1. The third-order valence-electron chi connectivity index (χ3n) is 5.19. The summed E-state index contributed by atoms with van der Waals surface area (Å²) >= 11 is 0.